The fourth-order valence-corrected chi connectivity index (χ4v) is 3.15. The number of hydrogen-bond acceptors (Lipinski definition) is 1. The average molecular weight is 227 g/mol. The molecule has 2 aliphatic carbocycles. The number of fused-ring (bicyclic) bond motifs is 2. The molecule has 0 saturated heterocycles. The normalized spacial score (nSPS) is 33.9. The second-order valence-electron chi connectivity index (χ2n) is 5.43. The molecule has 0 unspecified atom stereocenters. The van der Waals surface area contributed by atoms with E-state index in [9.17, 15) is 4.79 Å². The highest BCUT2D eigenvalue weighted by Gasteiger charge is 2.49. The van der Waals surface area contributed by atoms with Crippen molar-refractivity contribution in [1.29, 1.82) is 0 Å². The summed E-state index contributed by atoms with van der Waals surface area (Å²) in [6, 6.07) is 9.71. The van der Waals surface area contributed by atoms with Gasteiger partial charge < -0.3 is 5.32 Å². The molecular weight excluding hydrogens is 210 g/mol. The summed E-state index contributed by atoms with van der Waals surface area (Å²) < 4.78 is 0. The standard InChI is InChI=1S/C15H17NO/c1-15(10-11-7-8-12(15)9-11)14(17)16-13-5-3-2-4-6-13/h2-8,11-12H,9-10H2,1H3,(H,16,17)/t11-,12-,15-/m0/s1. The molecule has 1 aromatic carbocycles. The number of carbonyl (C=O) groups excluding carboxylic acids is 1. The largest absolute Gasteiger partial charge is 0.326 e. The third kappa shape index (κ3) is 1.68. The molecule has 0 spiro atoms. The first-order valence-corrected chi connectivity index (χ1v) is 6.23. The smallest absolute Gasteiger partial charge is 0.230 e. The Hall–Kier alpha value is -1.57. The van der Waals surface area contributed by atoms with Crippen LogP contribution in [0.4, 0.5) is 5.69 Å². The molecule has 88 valence electrons. The van der Waals surface area contributed by atoms with Crippen molar-refractivity contribution in [2.45, 2.75) is 19.8 Å². The predicted molar refractivity (Wildman–Crippen MR) is 68.5 cm³/mol. The molecule has 0 radical (unpaired) electrons. The van der Waals surface area contributed by atoms with E-state index >= 15 is 0 Å². The van der Waals surface area contributed by atoms with Crippen molar-refractivity contribution in [1.82, 2.24) is 0 Å². The summed E-state index contributed by atoms with van der Waals surface area (Å²) >= 11 is 0. The maximum absolute atomic E-state index is 12.4. The maximum Gasteiger partial charge on any atom is 0.230 e. The highest BCUT2D eigenvalue weighted by molar-refractivity contribution is 5.95. The summed E-state index contributed by atoms with van der Waals surface area (Å²) in [5.74, 6) is 1.21. The van der Waals surface area contributed by atoms with Crippen LogP contribution in [0.15, 0.2) is 42.5 Å². The molecule has 1 amide bonds. The average Bonchev–Trinajstić information content (AvgIpc) is 2.90. The quantitative estimate of drug-likeness (QED) is 0.772. The molecule has 3 atom stereocenters. The summed E-state index contributed by atoms with van der Waals surface area (Å²) in [5.41, 5.74) is 0.681. The van der Waals surface area contributed by atoms with E-state index in [4.69, 9.17) is 0 Å². The second kappa shape index (κ2) is 3.73. The number of para-hydroxylation sites is 1. The first-order chi connectivity index (χ1) is 8.18. The van der Waals surface area contributed by atoms with E-state index in [1.165, 1.54) is 0 Å². The van der Waals surface area contributed by atoms with E-state index < -0.39 is 0 Å². The zero-order valence-corrected chi connectivity index (χ0v) is 10.0. The number of benzene rings is 1. The van der Waals surface area contributed by atoms with Gasteiger partial charge in [-0.2, -0.15) is 0 Å². The molecule has 3 rings (SSSR count). The van der Waals surface area contributed by atoms with Crippen molar-refractivity contribution < 1.29 is 4.79 Å². The molecule has 0 heterocycles. The van der Waals surface area contributed by atoms with Gasteiger partial charge in [0.15, 0.2) is 0 Å². The summed E-state index contributed by atoms with van der Waals surface area (Å²) in [6.07, 6.45) is 6.63. The molecule has 2 nitrogen and oxygen atoms in total. The zero-order valence-electron chi connectivity index (χ0n) is 10.0. The van der Waals surface area contributed by atoms with Crippen LogP contribution < -0.4 is 5.32 Å². The van der Waals surface area contributed by atoms with Crippen molar-refractivity contribution in [3.05, 3.63) is 42.5 Å². The molecule has 0 aromatic heterocycles. The topological polar surface area (TPSA) is 29.1 Å². The van der Waals surface area contributed by atoms with E-state index in [0.29, 0.717) is 11.8 Å². The lowest BCUT2D eigenvalue weighted by atomic mass is 9.77. The number of anilines is 1. The SMILES string of the molecule is C[C@]1(C(=O)Nc2ccccc2)C[C@H]2C=C[C@H]1C2. The molecular formula is C15H17NO. The van der Waals surface area contributed by atoms with Gasteiger partial charge in [-0.05, 0) is 36.8 Å². The van der Waals surface area contributed by atoms with E-state index in [2.05, 4.69) is 24.4 Å². The monoisotopic (exact) mass is 227 g/mol. The number of nitrogens with one attached hydrogen (secondary N) is 1. The van der Waals surface area contributed by atoms with Crippen molar-refractivity contribution in [2.24, 2.45) is 17.3 Å². The van der Waals surface area contributed by atoms with E-state index in [1.807, 2.05) is 30.3 Å². The molecule has 1 saturated carbocycles. The summed E-state index contributed by atoms with van der Waals surface area (Å²) in [7, 11) is 0. The first-order valence-electron chi connectivity index (χ1n) is 6.23. The van der Waals surface area contributed by atoms with Gasteiger partial charge in [-0.1, -0.05) is 37.3 Å². The Bertz CT molecular complexity index is 465. The zero-order chi connectivity index (χ0) is 11.9. The second-order valence-corrected chi connectivity index (χ2v) is 5.43. The Balaban J connectivity index is 1.77. The lowest BCUT2D eigenvalue weighted by Crippen LogP contribution is -2.36. The lowest BCUT2D eigenvalue weighted by Gasteiger charge is -2.29. The summed E-state index contributed by atoms with van der Waals surface area (Å²) in [6.45, 7) is 2.10. The number of carbonyl (C=O) groups is 1. The molecule has 17 heavy (non-hydrogen) atoms. The van der Waals surface area contributed by atoms with Gasteiger partial charge in [0.1, 0.15) is 0 Å². The molecule has 1 fully saturated rings. The molecule has 1 N–H and O–H groups in total. The highest BCUT2D eigenvalue weighted by atomic mass is 16.2. The number of hydrogen-bond donors (Lipinski definition) is 1. The fraction of sp³-hybridized carbons (Fsp3) is 0.400. The van der Waals surface area contributed by atoms with Crippen LogP contribution in [0, 0.1) is 17.3 Å². The Morgan fingerprint density at radius 1 is 1.29 bits per heavy atom. The van der Waals surface area contributed by atoms with Gasteiger partial charge in [0, 0.05) is 5.69 Å². The predicted octanol–water partition coefficient (Wildman–Crippen LogP) is 3.23. The third-order valence-electron chi connectivity index (χ3n) is 4.23. The van der Waals surface area contributed by atoms with Crippen LogP contribution >= 0.6 is 0 Å². The highest BCUT2D eigenvalue weighted by Crippen LogP contribution is 2.52. The van der Waals surface area contributed by atoms with Gasteiger partial charge in [0.2, 0.25) is 5.91 Å². The minimum absolute atomic E-state index is 0.167. The fourth-order valence-electron chi connectivity index (χ4n) is 3.15. The van der Waals surface area contributed by atoms with Gasteiger partial charge in [-0.25, -0.2) is 0 Å². The minimum Gasteiger partial charge on any atom is -0.326 e. The van der Waals surface area contributed by atoms with Crippen LogP contribution in [0.3, 0.4) is 0 Å². The Morgan fingerprint density at radius 2 is 2.06 bits per heavy atom. The maximum atomic E-state index is 12.4. The molecule has 1 aromatic rings. The Morgan fingerprint density at radius 3 is 2.65 bits per heavy atom. The summed E-state index contributed by atoms with van der Waals surface area (Å²) in [5, 5.41) is 3.04. The van der Waals surface area contributed by atoms with Crippen LogP contribution in [0.2, 0.25) is 0 Å². The van der Waals surface area contributed by atoms with Crippen molar-refractivity contribution >= 4 is 11.6 Å². The molecule has 2 heteroatoms. The van der Waals surface area contributed by atoms with Crippen LogP contribution in [0.25, 0.3) is 0 Å². The van der Waals surface area contributed by atoms with Gasteiger partial charge in [0.25, 0.3) is 0 Å². The third-order valence-corrected chi connectivity index (χ3v) is 4.23. The first kappa shape index (κ1) is 10.6. The van der Waals surface area contributed by atoms with Crippen LogP contribution in [0.5, 0.6) is 0 Å². The molecule has 2 bridgehead atoms. The van der Waals surface area contributed by atoms with E-state index in [0.717, 1.165) is 18.5 Å². The van der Waals surface area contributed by atoms with E-state index in [1.54, 1.807) is 0 Å². The summed E-state index contributed by atoms with van der Waals surface area (Å²) in [4.78, 5) is 12.4. The molecule has 0 aliphatic heterocycles. The van der Waals surface area contributed by atoms with Crippen LogP contribution in [-0.2, 0) is 4.79 Å². The lowest BCUT2D eigenvalue weighted by molar-refractivity contribution is -0.126. The minimum atomic E-state index is -0.213. The van der Waals surface area contributed by atoms with Gasteiger partial charge >= 0.3 is 0 Å². The van der Waals surface area contributed by atoms with Gasteiger partial charge in [-0.15, -0.1) is 0 Å². The number of amides is 1. The van der Waals surface area contributed by atoms with Crippen molar-refractivity contribution in [2.75, 3.05) is 5.32 Å². The van der Waals surface area contributed by atoms with Crippen molar-refractivity contribution in [3.8, 4) is 0 Å². The van der Waals surface area contributed by atoms with Gasteiger partial charge in [0.05, 0.1) is 5.41 Å². The van der Waals surface area contributed by atoms with Crippen molar-refractivity contribution in [3.63, 3.8) is 0 Å². The number of rotatable bonds is 2. The Kier molecular flexibility index (Phi) is 2.32. The van der Waals surface area contributed by atoms with E-state index in [-0.39, 0.29) is 11.3 Å². The van der Waals surface area contributed by atoms with Crippen LogP contribution in [-0.4, -0.2) is 5.91 Å². The Labute approximate surface area is 102 Å². The number of allylic oxidation sites excluding steroid dienone is 2. The van der Waals surface area contributed by atoms with Crippen LogP contribution in [0.1, 0.15) is 19.8 Å². The molecule has 2 aliphatic rings. The van der Waals surface area contributed by atoms with Gasteiger partial charge in [-0.3, -0.25) is 4.79 Å².